The highest BCUT2D eigenvalue weighted by Gasteiger charge is 2.40. The first-order valence-corrected chi connectivity index (χ1v) is 9.97. The molecule has 5 nitrogen and oxygen atoms in total. The molecular formula is C21H30ClN3O2. The molecule has 0 bridgehead atoms. The van der Waals surface area contributed by atoms with Crippen LogP contribution >= 0.6 is 12.4 Å². The van der Waals surface area contributed by atoms with Gasteiger partial charge < -0.3 is 15.1 Å². The minimum Gasteiger partial charge on any atom is -0.342 e. The molecule has 3 saturated heterocycles. The molecule has 3 aliphatic rings. The van der Waals surface area contributed by atoms with Crippen LogP contribution in [0.2, 0.25) is 0 Å². The summed E-state index contributed by atoms with van der Waals surface area (Å²) in [5.41, 5.74) is 1.13. The van der Waals surface area contributed by atoms with E-state index in [4.69, 9.17) is 0 Å². The minimum absolute atomic E-state index is 0. The number of carbonyl (C=O) groups excluding carboxylic acids is 2. The van der Waals surface area contributed by atoms with E-state index < -0.39 is 0 Å². The van der Waals surface area contributed by atoms with Crippen LogP contribution < -0.4 is 5.32 Å². The second kappa shape index (κ2) is 8.61. The number of hydrogen-bond donors (Lipinski definition) is 1. The maximum Gasteiger partial charge on any atom is 0.227 e. The van der Waals surface area contributed by atoms with E-state index in [9.17, 15) is 9.59 Å². The van der Waals surface area contributed by atoms with Crippen molar-refractivity contribution in [3.63, 3.8) is 0 Å². The van der Waals surface area contributed by atoms with E-state index in [1.54, 1.807) is 0 Å². The smallest absolute Gasteiger partial charge is 0.227 e. The minimum atomic E-state index is -0.176. The summed E-state index contributed by atoms with van der Waals surface area (Å²) in [6, 6.07) is 10.1. The predicted octanol–water partition coefficient (Wildman–Crippen LogP) is 2.48. The van der Waals surface area contributed by atoms with Gasteiger partial charge in [0.15, 0.2) is 0 Å². The van der Waals surface area contributed by atoms with Gasteiger partial charge in [0.05, 0.1) is 12.0 Å². The molecule has 1 aromatic carbocycles. The molecule has 27 heavy (non-hydrogen) atoms. The zero-order valence-corrected chi connectivity index (χ0v) is 16.8. The van der Waals surface area contributed by atoms with E-state index in [1.807, 2.05) is 28.0 Å². The lowest BCUT2D eigenvalue weighted by Crippen LogP contribution is -2.38. The van der Waals surface area contributed by atoms with E-state index in [0.717, 1.165) is 44.6 Å². The zero-order valence-electron chi connectivity index (χ0n) is 16.0. The number of nitrogens with zero attached hydrogens (tertiary/aromatic N) is 2. The molecule has 0 radical (unpaired) electrons. The quantitative estimate of drug-likeness (QED) is 0.861. The van der Waals surface area contributed by atoms with Gasteiger partial charge in [-0.3, -0.25) is 9.59 Å². The predicted molar refractivity (Wildman–Crippen MR) is 108 cm³/mol. The van der Waals surface area contributed by atoms with Gasteiger partial charge in [-0.25, -0.2) is 0 Å². The SMILES string of the molecule is CC(c1ccccc1)N1CC(C(=O)N2CC[C@@H]3CNC[C@@H]3CC2)CC1=O.Cl. The Balaban J connectivity index is 0.00000210. The molecule has 0 saturated carbocycles. The number of carbonyl (C=O) groups is 2. The summed E-state index contributed by atoms with van der Waals surface area (Å²) < 4.78 is 0. The second-order valence-electron chi connectivity index (χ2n) is 8.11. The first-order chi connectivity index (χ1) is 12.6. The maximum absolute atomic E-state index is 13.1. The molecule has 6 heteroatoms. The van der Waals surface area contributed by atoms with Gasteiger partial charge in [0, 0.05) is 26.1 Å². The van der Waals surface area contributed by atoms with E-state index in [0.29, 0.717) is 24.8 Å². The summed E-state index contributed by atoms with van der Waals surface area (Å²) in [4.78, 5) is 29.5. The molecular weight excluding hydrogens is 362 g/mol. The van der Waals surface area contributed by atoms with E-state index in [-0.39, 0.29) is 36.2 Å². The molecule has 0 spiro atoms. The standard InChI is InChI=1S/C21H29N3O2.ClH/c1-15(16-5-3-2-4-6-16)24-14-19(11-20(24)25)21(26)23-9-7-17-12-22-13-18(17)8-10-23;/h2-6,15,17-19,22H,7-14H2,1H3;1H/t15?,17-,18+,19?;. The molecule has 4 rings (SSSR count). The molecule has 3 fully saturated rings. The van der Waals surface area contributed by atoms with Gasteiger partial charge >= 0.3 is 0 Å². The first-order valence-electron chi connectivity index (χ1n) is 9.97. The Morgan fingerprint density at radius 2 is 1.74 bits per heavy atom. The molecule has 1 aromatic rings. The number of benzene rings is 1. The van der Waals surface area contributed by atoms with Crippen LogP contribution in [0.15, 0.2) is 30.3 Å². The maximum atomic E-state index is 13.1. The average Bonchev–Trinajstić information content (AvgIpc) is 3.23. The largest absolute Gasteiger partial charge is 0.342 e. The highest BCUT2D eigenvalue weighted by Crippen LogP contribution is 2.31. The monoisotopic (exact) mass is 391 g/mol. The highest BCUT2D eigenvalue weighted by atomic mass is 35.5. The van der Waals surface area contributed by atoms with Gasteiger partial charge in [-0.1, -0.05) is 30.3 Å². The van der Waals surface area contributed by atoms with Gasteiger partial charge in [0.25, 0.3) is 0 Å². The fraction of sp³-hybridized carbons (Fsp3) is 0.619. The normalized spacial score (nSPS) is 29.1. The van der Waals surface area contributed by atoms with Crippen molar-refractivity contribution in [2.45, 2.75) is 32.2 Å². The second-order valence-corrected chi connectivity index (χ2v) is 8.11. The van der Waals surface area contributed by atoms with Crippen LogP contribution in [-0.2, 0) is 9.59 Å². The van der Waals surface area contributed by atoms with Gasteiger partial charge in [0.1, 0.15) is 0 Å². The van der Waals surface area contributed by atoms with Crippen molar-refractivity contribution in [2.75, 3.05) is 32.7 Å². The number of likely N-dealkylation sites (tertiary alicyclic amines) is 2. The third kappa shape index (κ3) is 4.14. The highest BCUT2D eigenvalue weighted by molar-refractivity contribution is 5.89. The number of fused-ring (bicyclic) bond motifs is 1. The zero-order chi connectivity index (χ0) is 18.1. The summed E-state index contributed by atoms with van der Waals surface area (Å²) in [5.74, 6) is 1.55. The van der Waals surface area contributed by atoms with Crippen molar-refractivity contribution in [1.82, 2.24) is 15.1 Å². The average molecular weight is 392 g/mol. The summed E-state index contributed by atoms with van der Waals surface area (Å²) in [7, 11) is 0. The van der Waals surface area contributed by atoms with Crippen LogP contribution in [0.4, 0.5) is 0 Å². The number of halogens is 1. The number of nitrogens with one attached hydrogen (secondary N) is 1. The van der Waals surface area contributed by atoms with Crippen molar-refractivity contribution in [2.24, 2.45) is 17.8 Å². The van der Waals surface area contributed by atoms with Gasteiger partial charge in [-0.2, -0.15) is 0 Å². The first kappa shape index (κ1) is 20.2. The number of amides is 2. The molecule has 3 aliphatic heterocycles. The van der Waals surface area contributed by atoms with Crippen LogP contribution in [0.25, 0.3) is 0 Å². The van der Waals surface area contributed by atoms with Crippen LogP contribution in [0, 0.1) is 17.8 Å². The lowest BCUT2D eigenvalue weighted by Gasteiger charge is -2.27. The van der Waals surface area contributed by atoms with Crippen molar-refractivity contribution in [3.05, 3.63) is 35.9 Å². The molecule has 3 heterocycles. The van der Waals surface area contributed by atoms with Gasteiger partial charge in [-0.05, 0) is 50.3 Å². The third-order valence-electron chi connectivity index (χ3n) is 6.59. The van der Waals surface area contributed by atoms with Gasteiger partial charge in [-0.15, -0.1) is 12.4 Å². The van der Waals surface area contributed by atoms with Gasteiger partial charge in [0.2, 0.25) is 11.8 Å². The van der Waals surface area contributed by atoms with Crippen LogP contribution in [0.3, 0.4) is 0 Å². The molecule has 2 unspecified atom stereocenters. The fourth-order valence-corrected chi connectivity index (χ4v) is 4.88. The topological polar surface area (TPSA) is 52.7 Å². The van der Waals surface area contributed by atoms with Crippen molar-refractivity contribution >= 4 is 24.2 Å². The fourth-order valence-electron chi connectivity index (χ4n) is 4.88. The Labute approximate surface area is 167 Å². The Morgan fingerprint density at radius 1 is 1.11 bits per heavy atom. The van der Waals surface area contributed by atoms with Crippen molar-refractivity contribution < 1.29 is 9.59 Å². The lowest BCUT2D eigenvalue weighted by molar-refractivity contribution is -0.135. The number of hydrogen-bond acceptors (Lipinski definition) is 3. The Morgan fingerprint density at radius 3 is 2.37 bits per heavy atom. The number of rotatable bonds is 3. The van der Waals surface area contributed by atoms with Crippen LogP contribution in [0.5, 0.6) is 0 Å². The molecule has 4 atom stereocenters. The Hall–Kier alpha value is -1.59. The van der Waals surface area contributed by atoms with E-state index in [1.165, 1.54) is 0 Å². The molecule has 0 aromatic heterocycles. The van der Waals surface area contributed by atoms with E-state index >= 15 is 0 Å². The Bertz CT molecular complexity index is 655. The molecule has 148 valence electrons. The summed E-state index contributed by atoms with van der Waals surface area (Å²) in [6.07, 6.45) is 2.54. The van der Waals surface area contributed by atoms with Crippen LogP contribution in [0.1, 0.15) is 37.8 Å². The summed E-state index contributed by atoms with van der Waals surface area (Å²) in [6.45, 7) is 6.49. The molecule has 0 aliphatic carbocycles. The molecule has 1 N–H and O–H groups in total. The summed E-state index contributed by atoms with van der Waals surface area (Å²) >= 11 is 0. The lowest BCUT2D eigenvalue weighted by atomic mass is 9.92. The van der Waals surface area contributed by atoms with Crippen molar-refractivity contribution in [3.8, 4) is 0 Å². The third-order valence-corrected chi connectivity index (χ3v) is 6.59. The van der Waals surface area contributed by atoms with Crippen molar-refractivity contribution in [1.29, 1.82) is 0 Å². The summed E-state index contributed by atoms with van der Waals surface area (Å²) in [5, 5.41) is 3.48. The Kier molecular flexibility index (Phi) is 6.43. The molecule has 2 amide bonds. The van der Waals surface area contributed by atoms with Crippen LogP contribution in [-0.4, -0.2) is 54.3 Å². The van der Waals surface area contributed by atoms with E-state index in [2.05, 4.69) is 24.4 Å².